The molecule has 0 atom stereocenters. The molecule has 30 heavy (non-hydrogen) atoms. The standard InChI is InChI=1S/C23H23F3N2OS/c1-4-19-13-21(29-20-10-6-8-17(12-20)15(2)3)28-22(27-19)30-14-16-7-5-9-18(11-16)23(24,25)26/h5-13,15H,4,14H2,1-3H3. The number of rotatable bonds is 7. The third-order valence-electron chi connectivity index (χ3n) is 4.47. The first-order valence-corrected chi connectivity index (χ1v) is 10.7. The van der Waals surface area contributed by atoms with Gasteiger partial charge in [0.25, 0.3) is 0 Å². The lowest BCUT2D eigenvalue weighted by Crippen LogP contribution is -2.05. The van der Waals surface area contributed by atoms with Crippen molar-refractivity contribution in [3.05, 3.63) is 77.0 Å². The summed E-state index contributed by atoms with van der Waals surface area (Å²) < 4.78 is 44.7. The molecule has 0 amide bonds. The molecule has 0 aliphatic rings. The Hall–Kier alpha value is -2.54. The molecule has 3 nitrogen and oxygen atoms in total. The predicted molar refractivity (Wildman–Crippen MR) is 113 cm³/mol. The molecule has 0 radical (unpaired) electrons. The highest BCUT2D eigenvalue weighted by molar-refractivity contribution is 7.98. The third kappa shape index (κ3) is 5.98. The Balaban J connectivity index is 1.77. The van der Waals surface area contributed by atoms with E-state index in [1.165, 1.54) is 17.8 Å². The van der Waals surface area contributed by atoms with Crippen LogP contribution < -0.4 is 4.74 Å². The summed E-state index contributed by atoms with van der Waals surface area (Å²) in [6.45, 7) is 6.20. The van der Waals surface area contributed by atoms with Crippen LogP contribution in [0.5, 0.6) is 11.6 Å². The van der Waals surface area contributed by atoms with Gasteiger partial charge in [-0.2, -0.15) is 18.2 Å². The molecule has 1 heterocycles. The average molecular weight is 433 g/mol. The van der Waals surface area contributed by atoms with Crippen molar-refractivity contribution in [1.29, 1.82) is 0 Å². The largest absolute Gasteiger partial charge is 0.439 e. The van der Waals surface area contributed by atoms with Gasteiger partial charge in [-0.05, 0) is 41.7 Å². The highest BCUT2D eigenvalue weighted by Crippen LogP contribution is 2.31. The van der Waals surface area contributed by atoms with Crippen LogP contribution in [0.2, 0.25) is 0 Å². The van der Waals surface area contributed by atoms with E-state index in [-0.39, 0.29) is 0 Å². The molecule has 1 aromatic heterocycles. The number of nitrogens with zero attached hydrogens (tertiary/aromatic N) is 2. The van der Waals surface area contributed by atoms with Crippen molar-refractivity contribution in [3.63, 3.8) is 0 Å². The van der Waals surface area contributed by atoms with E-state index in [2.05, 4.69) is 23.8 Å². The molecule has 0 fully saturated rings. The summed E-state index contributed by atoms with van der Waals surface area (Å²) >= 11 is 1.29. The van der Waals surface area contributed by atoms with Crippen LogP contribution in [0.3, 0.4) is 0 Å². The van der Waals surface area contributed by atoms with E-state index in [9.17, 15) is 13.2 Å². The fraction of sp³-hybridized carbons (Fsp3) is 0.304. The minimum absolute atomic E-state index is 0.333. The van der Waals surface area contributed by atoms with Gasteiger partial charge in [0.05, 0.1) is 5.56 Å². The Kier molecular flexibility index (Phi) is 7.02. The van der Waals surface area contributed by atoms with Gasteiger partial charge >= 0.3 is 6.18 Å². The van der Waals surface area contributed by atoms with Crippen molar-refractivity contribution in [2.24, 2.45) is 0 Å². The minimum atomic E-state index is -4.36. The second-order valence-electron chi connectivity index (χ2n) is 7.15. The van der Waals surface area contributed by atoms with Crippen LogP contribution in [-0.4, -0.2) is 9.97 Å². The smallest absolute Gasteiger partial charge is 0.416 e. The molecule has 3 aromatic rings. The molecule has 0 bridgehead atoms. The van der Waals surface area contributed by atoms with Gasteiger partial charge in [-0.3, -0.25) is 0 Å². The van der Waals surface area contributed by atoms with E-state index in [4.69, 9.17) is 4.74 Å². The van der Waals surface area contributed by atoms with Crippen molar-refractivity contribution >= 4 is 11.8 Å². The molecule has 0 saturated heterocycles. The maximum atomic E-state index is 12.9. The molecule has 3 rings (SSSR count). The number of aryl methyl sites for hydroxylation is 1. The first-order chi connectivity index (χ1) is 14.2. The normalized spacial score (nSPS) is 11.7. The van der Waals surface area contributed by atoms with Gasteiger partial charge in [-0.25, -0.2) is 4.98 Å². The number of halogens is 3. The van der Waals surface area contributed by atoms with Gasteiger partial charge in [0.1, 0.15) is 5.75 Å². The van der Waals surface area contributed by atoms with Crippen LogP contribution in [0.4, 0.5) is 13.2 Å². The SMILES string of the molecule is CCc1cc(Oc2cccc(C(C)C)c2)nc(SCc2cccc(C(F)(F)F)c2)n1. The van der Waals surface area contributed by atoms with Crippen LogP contribution in [0.25, 0.3) is 0 Å². The molecular formula is C23H23F3N2OS. The van der Waals surface area contributed by atoms with E-state index in [1.807, 2.05) is 31.2 Å². The molecule has 0 saturated carbocycles. The zero-order valence-corrected chi connectivity index (χ0v) is 17.8. The highest BCUT2D eigenvalue weighted by Gasteiger charge is 2.30. The minimum Gasteiger partial charge on any atom is -0.439 e. The van der Waals surface area contributed by atoms with Crippen LogP contribution in [0, 0.1) is 0 Å². The van der Waals surface area contributed by atoms with E-state index >= 15 is 0 Å². The number of thioether (sulfide) groups is 1. The van der Waals surface area contributed by atoms with Crippen molar-refractivity contribution in [1.82, 2.24) is 9.97 Å². The third-order valence-corrected chi connectivity index (χ3v) is 5.39. The number of ether oxygens (including phenoxy) is 1. The van der Waals surface area contributed by atoms with E-state index in [0.29, 0.717) is 40.4 Å². The van der Waals surface area contributed by atoms with Crippen LogP contribution in [0.15, 0.2) is 59.8 Å². The van der Waals surface area contributed by atoms with Gasteiger partial charge in [0.2, 0.25) is 5.88 Å². The Morgan fingerprint density at radius 2 is 1.77 bits per heavy atom. The Morgan fingerprint density at radius 3 is 2.47 bits per heavy atom. The number of hydrogen-bond acceptors (Lipinski definition) is 4. The van der Waals surface area contributed by atoms with E-state index in [1.54, 1.807) is 12.1 Å². The quantitative estimate of drug-likeness (QED) is 0.291. The maximum Gasteiger partial charge on any atom is 0.416 e. The predicted octanol–water partition coefficient (Wildman–Crippen LogP) is 7.27. The van der Waals surface area contributed by atoms with Crippen molar-refractivity contribution in [2.45, 2.75) is 50.2 Å². The molecule has 0 N–H and O–H groups in total. The zero-order chi connectivity index (χ0) is 21.7. The first kappa shape index (κ1) is 22.2. The Morgan fingerprint density at radius 1 is 1.00 bits per heavy atom. The highest BCUT2D eigenvalue weighted by atomic mass is 32.2. The van der Waals surface area contributed by atoms with Gasteiger partial charge < -0.3 is 4.74 Å². The molecule has 7 heteroatoms. The van der Waals surface area contributed by atoms with Crippen molar-refractivity contribution in [2.75, 3.05) is 0 Å². The lowest BCUT2D eigenvalue weighted by Gasteiger charge is -2.11. The maximum absolute atomic E-state index is 12.9. The van der Waals surface area contributed by atoms with Gasteiger partial charge in [-0.1, -0.05) is 62.9 Å². The Bertz CT molecular complexity index is 1010. The summed E-state index contributed by atoms with van der Waals surface area (Å²) in [5, 5.41) is 0.474. The summed E-state index contributed by atoms with van der Waals surface area (Å²) in [5.41, 5.74) is 1.88. The number of alkyl halides is 3. The summed E-state index contributed by atoms with van der Waals surface area (Å²) in [6, 6.07) is 14.9. The summed E-state index contributed by atoms with van der Waals surface area (Å²) in [6.07, 6.45) is -3.66. The monoisotopic (exact) mass is 432 g/mol. The van der Waals surface area contributed by atoms with Crippen LogP contribution >= 0.6 is 11.8 Å². The second kappa shape index (κ2) is 9.51. The molecule has 158 valence electrons. The van der Waals surface area contributed by atoms with Gasteiger partial charge in [-0.15, -0.1) is 0 Å². The summed E-state index contributed by atoms with van der Waals surface area (Å²) in [5.74, 6) is 1.83. The Labute approximate surface area is 178 Å². The lowest BCUT2D eigenvalue weighted by molar-refractivity contribution is -0.137. The fourth-order valence-electron chi connectivity index (χ4n) is 2.79. The lowest BCUT2D eigenvalue weighted by atomic mass is 10.0. The molecule has 0 aliphatic heterocycles. The zero-order valence-electron chi connectivity index (χ0n) is 17.0. The van der Waals surface area contributed by atoms with Crippen LogP contribution in [0.1, 0.15) is 49.1 Å². The van der Waals surface area contributed by atoms with Gasteiger partial charge in [0, 0.05) is 17.5 Å². The second-order valence-corrected chi connectivity index (χ2v) is 8.09. The molecule has 0 aliphatic carbocycles. The van der Waals surface area contributed by atoms with E-state index in [0.717, 1.165) is 23.4 Å². The van der Waals surface area contributed by atoms with Crippen molar-refractivity contribution in [3.8, 4) is 11.6 Å². The van der Waals surface area contributed by atoms with Gasteiger partial charge in [0.15, 0.2) is 5.16 Å². The summed E-state index contributed by atoms with van der Waals surface area (Å²) in [7, 11) is 0. The average Bonchev–Trinajstić information content (AvgIpc) is 2.72. The number of benzene rings is 2. The topological polar surface area (TPSA) is 35.0 Å². The number of aromatic nitrogens is 2. The fourth-order valence-corrected chi connectivity index (χ4v) is 3.60. The van der Waals surface area contributed by atoms with Crippen molar-refractivity contribution < 1.29 is 17.9 Å². The molecule has 2 aromatic carbocycles. The van der Waals surface area contributed by atoms with E-state index < -0.39 is 11.7 Å². The molecular weight excluding hydrogens is 409 g/mol. The number of hydrogen-bond donors (Lipinski definition) is 0. The first-order valence-electron chi connectivity index (χ1n) is 9.69. The van der Waals surface area contributed by atoms with Crippen LogP contribution in [-0.2, 0) is 18.3 Å². The molecule has 0 spiro atoms. The molecule has 0 unspecified atom stereocenters. The summed E-state index contributed by atoms with van der Waals surface area (Å²) in [4.78, 5) is 8.92.